The van der Waals surface area contributed by atoms with Gasteiger partial charge in [0, 0.05) is 36.3 Å². The SMILES string of the molecule is [N-]=[N+]=NCC1CNCC1c1cccnc1. The minimum absolute atomic E-state index is 0.394. The first-order chi connectivity index (χ1) is 7.42. The van der Waals surface area contributed by atoms with Crippen LogP contribution >= 0.6 is 0 Å². The predicted octanol–water partition coefficient (Wildman–Crippen LogP) is 1.69. The largest absolute Gasteiger partial charge is 0.316 e. The fourth-order valence-electron chi connectivity index (χ4n) is 2.05. The molecule has 0 radical (unpaired) electrons. The average molecular weight is 203 g/mol. The third-order valence-electron chi connectivity index (χ3n) is 2.83. The lowest BCUT2D eigenvalue weighted by atomic mass is 9.90. The zero-order valence-electron chi connectivity index (χ0n) is 8.37. The van der Waals surface area contributed by atoms with E-state index in [-0.39, 0.29) is 0 Å². The van der Waals surface area contributed by atoms with Gasteiger partial charge >= 0.3 is 0 Å². The molecule has 0 aromatic carbocycles. The van der Waals surface area contributed by atoms with Crippen molar-refractivity contribution in [2.24, 2.45) is 11.0 Å². The fraction of sp³-hybridized carbons (Fsp3) is 0.500. The minimum Gasteiger partial charge on any atom is -0.316 e. The lowest BCUT2D eigenvalue weighted by Crippen LogP contribution is -2.13. The van der Waals surface area contributed by atoms with Crippen LogP contribution in [0.4, 0.5) is 0 Å². The maximum Gasteiger partial charge on any atom is 0.0304 e. The Balaban J connectivity index is 2.11. The van der Waals surface area contributed by atoms with E-state index in [0.29, 0.717) is 18.4 Å². The predicted molar refractivity (Wildman–Crippen MR) is 57.4 cm³/mol. The second-order valence-corrected chi connectivity index (χ2v) is 3.72. The number of azide groups is 1. The molecule has 5 heteroatoms. The molecule has 5 nitrogen and oxygen atoms in total. The smallest absolute Gasteiger partial charge is 0.0304 e. The maximum absolute atomic E-state index is 8.31. The molecule has 1 aliphatic heterocycles. The molecule has 0 bridgehead atoms. The van der Waals surface area contributed by atoms with Crippen LogP contribution < -0.4 is 5.32 Å². The summed E-state index contributed by atoms with van der Waals surface area (Å²) >= 11 is 0. The van der Waals surface area contributed by atoms with Crippen molar-refractivity contribution in [3.63, 3.8) is 0 Å². The molecule has 0 aliphatic carbocycles. The summed E-state index contributed by atoms with van der Waals surface area (Å²) in [6, 6.07) is 4.02. The molecular formula is C10H13N5. The van der Waals surface area contributed by atoms with Gasteiger partial charge in [0.05, 0.1) is 0 Å². The van der Waals surface area contributed by atoms with Crippen LogP contribution in [0.15, 0.2) is 29.6 Å². The second-order valence-electron chi connectivity index (χ2n) is 3.72. The lowest BCUT2D eigenvalue weighted by molar-refractivity contribution is 0.529. The standard InChI is InChI=1S/C10H13N5/c11-15-14-6-9-5-13-7-10(9)8-2-1-3-12-4-8/h1-4,9-10,13H,5-7H2. The van der Waals surface area contributed by atoms with Gasteiger partial charge in [0.1, 0.15) is 0 Å². The van der Waals surface area contributed by atoms with E-state index in [9.17, 15) is 0 Å². The summed E-state index contributed by atoms with van der Waals surface area (Å²) in [6.45, 7) is 2.42. The molecule has 2 heterocycles. The number of nitrogens with one attached hydrogen (secondary N) is 1. The van der Waals surface area contributed by atoms with Gasteiger partial charge in [0.2, 0.25) is 0 Å². The molecule has 2 rings (SSSR count). The van der Waals surface area contributed by atoms with E-state index in [0.717, 1.165) is 13.1 Å². The molecule has 78 valence electrons. The summed E-state index contributed by atoms with van der Waals surface area (Å²) in [5, 5.41) is 6.97. The van der Waals surface area contributed by atoms with E-state index in [1.165, 1.54) is 5.56 Å². The van der Waals surface area contributed by atoms with Crippen LogP contribution in [-0.2, 0) is 0 Å². The Labute approximate surface area is 88.2 Å². The summed E-state index contributed by atoms with van der Waals surface area (Å²) in [5.74, 6) is 0.814. The average Bonchev–Trinajstić information content (AvgIpc) is 2.75. The first-order valence-corrected chi connectivity index (χ1v) is 5.03. The van der Waals surface area contributed by atoms with Gasteiger partial charge < -0.3 is 5.32 Å². The van der Waals surface area contributed by atoms with Gasteiger partial charge in [0.25, 0.3) is 0 Å². The van der Waals surface area contributed by atoms with Gasteiger partial charge in [0.15, 0.2) is 0 Å². The molecule has 15 heavy (non-hydrogen) atoms. The monoisotopic (exact) mass is 203 g/mol. The molecule has 1 aliphatic rings. The molecule has 2 unspecified atom stereocenters. The topological polar surface area (TPSA) is 73.7 Å². The summed E-state index contributed by atoms with van der Waals surface area (Å²) in [4.78, 5) is 6.92. The van der Waals surface area contributed by atoms with Gasteiger partial charge in [-0.05, 0) is 29.6 Å². The van der Waals surface area contributed by atoms with Crippen molar-refractivity contribution in [1.82, 2.24) is 10.3 Å². The van der Waals surface area contributed by atoms with Crippen molar-refractivity contribution in [2.75, 3.05) is 19.6 Å². The van der Waals surface area contributed by atoms with Gasteiger partial charge in [-0.1, -0.05) is 11.2 Å². The lowest BCUT2D eigenvalue weighted by Gasteiger charge is -2.15. The molecule has 0 amide bonds. The fourth-order valence-corrected chi connectivity index (χ4v) is 2.05. The van der Waals surface area contributed by atoms with Crippen molar-refractivity contribution >= 4 is 0 Å². The molecule has 1 N–H and O–H groups in total. The number of aromatic nitrogens is 1. The van der Waals surface area contributed by atoms with Crippen molar-refractivity contribution < 1.29 is 0 Å². The molecule has 1 fully saturated rings. The third-order valence-corrected chi connectivity index (χ3v) is 2.83. The Bertz CT molecular complexity index is 357. The Hall–Kier alpha value is -1.58. The first kappa shape index (κ1) is 9.96. The van der Waals surface area contributed by atoms with Crippen LogP contribution in [0.3, 0.4) is 0 Å². The molecule has 1 aromatic heterocycles. The maximum atomic E-state index is 8.31. The zero-order chi connectivity index (χ0) is 10.5. The van der Waals surface area contributed by atoms with Crippen molar-refractivity contribution in [2.45, 2.75) is 5.92 Å². The van der Waals surface area contributed by atoms with Crippen LogP contribution in [-0.4, -0.2) is 24.6 Å². The van der Waals surface area contributed by atoms with Gasteiger partial charge in [-0.15, -0.1) is 0 Å². The van der Waals surface area contributed by atoms with E-state index < -0.39 is 0 Å². The zero-order valence-corrected chi connectivity index (χ0v) is 8.37. The van der Waals surface area contributed by atoms with Crippen LogP contribution in [0.25, 0.3) is 10.4 Å². The van der Waals surface area contributed by atoms with Gasteiger partial charge in [-0.2, -0.15) is 0 Å². The molecule has 1 saturated heterocycles. The van der Waals surface area contributed by atoms with Crippen molar-refractivity contribution in [3.8, 4) is 0 Å². The Morgan fingerprint density at radius 1 is 1.60 bits per heavy atom. The van der Waals surface area contributed by atoms with Crippen LogP contribution in [0, 0.1) is 5.92 Å². The highest BCUT2D eigenvalue weighted by molar-refractivity contribution is 5.18. The van der Waals surface area contributed by atoms with Crippen molar-refractivity contribution in [1.29, 1.82) is 0 Å². The molecular weight excluding hydrogens is 190 g/mol. The minimum atomic E-state index is 0.394. The van der Waals surface area contributed by atoms with E-state index in [2.05, 4.69) is 26.4 Å². The summed E-state index contributed by atoms with van der Waals surface area (Å²) in [6.07, 6.45) is 3.66. The highest BCUT2D eigenvalue weighted by Gasteiger charge is 2.27. The third kappa shape index (κ3) is 2.26. The number of pyridine rings is 1. The number of nitrogens with zero attached hydrogens (tertiary/aromatic N) is 4. The van der Waals surface area contributed by atoms with Crippen LogP contribution in [0.2, 0.25) is 0 Å². The van der Waals surface area contributed by atoms with Crippen molar-refractivity contribution in [3.05, 3.63) is 40.5 Å². The van der Waals surface area contributed by atoms with E-state index in [1.54, 1.807) is 6.20 Å². The summed E-state index contributed by atoms with van der Waals surface area (Å²) in [7, 11) is 0. The molecule has 1 aromatic rings. The second kappa shape index (κ2) is 4.77. The molecule has 0 spiro atoms. The van der Waals surface area contributed by atoms with Crippen LogP contribution in [0.5, 0.6) is 0 Å². The number of hydrogen-bond donors (Lipinski definition) is 1. The molecule has 2 atom stereocenters. The first-order valence-electron chi connectivity index (χ1n) is 5.03. The van der Waals surface area contributed by atoms with E-state index in [4.69, 9.17) is 5.53 Å². The highest BCUT2D eigenvalue weighted by atomic mass is 15.1. The summed E-state index contributed by atoms with van der Waals surface area (Å²) < 4.78 is 0. The number of rotatable bonds is 3. The number of hydrogen-bond acceptors (Lipinski definition) is 3. The van der Waals surface area contributed by atoms with Crippen LogP contribution in [0.1, 0.15) is 11.5 Å². The van der Waals surface area contributed by atoms with E-state index in [1.807, 2.05) is 12.3 Å². The van der Waals surface area contributed by atoms with Gasteiger partial charge in [-0.3, -0.25) is 4.98 Å². The Kier molecular flexibility index (Phi) is 3.17. The highest BCUT2D eigenvalue weighted by Crippen LogP contribution is 2.27. The van der Waals surface area contributed by atoms with E-state index >= 15 is 0 Å². The Morgan fingerprint density at radius 2 is 2.53 bits per heavy atom. The quantitative estimate of drug-likeness (QED) is 0.461. The summed E-state index contributed by atoms with van der Waals surface area (Å²) in [5.41, 5.74) is 9.53. The molecule has 0 saturated carbocycles. The van der Waals surface area contributed by atoms with Gasteiger partial charge in [-0.25, -0.2) is 0 Å². The normalized spacial score (nSPS) is 24.8. The Morgan fingerprint density at radius 3 is 3.27 bits per heavy atom.